The van der Waals surface area contributed by atoms with Crippen LogP contribution in [0.5, 0.6) is 5.75 Å². The van der Waals surface area contributed by atoms with Crippen LogP contribution >= 0.6 is 11.6 Å². The SMILES string of the molecule is COc1cc(C)c(Cl)cc1NC(C)(C)CO. The number of aliphatic hydroxyl groups is 1. The maximum absolute atomic E-state index is 9.21. The molecule has 0 heterocycles. The lowest BCUT2D eigenvalue weighted by Crippen LogP contribution is -2.35. The highest BCUT2D eigenvalue weighted by Gasteiger charge is 2.18. The third kappa shape index (κ3) is 3.03. The van der Waals surface area contributed by atoms with E-state index in [2.05, 4.69) is 5.32 Å². The Morgan fingerprint density at radius 1 is 1.44 bits per heavy atom. The topological polar surface area (TPSA) is 41.5 Å². The predicted molar refractivity (Wildman–Crippen MR) is 67.5 cm³/mol. The van der Waals surface area contributed by atoms with Crippen LogP contribution in [-0.2, 0) is 0 Å². The summed E-state index contributed by atoms with van der Waals surface area (Å²) in [6.07, 6.45) is 0. The highest BCUT2D eigenvalue weighted by Crippen LogP contribution is 2.32. The fourth-order valence-electron chi connectivity index (χ4n) is 1.33. The zero-order chi connectivity index (χ0) is 12.3. The Labute approximate surface area is 101 Å². The van der Waals surface area contributed by atoms with Crippen molar-refractivity contribution in [3.8, 4) is 5.75 Å². The van der Waals surface area contributed by atoms with E-state index in [9.17, 15) is 5.11 Å². The number of nitrogens with one attached hydrogen (secondary N) is 1. The number of methoxy groups -OCH3 is 1. The van der Waals surface area contributed by atoms with Gasteiger partial charge in [-0.2, -0.15) is 0 Å². The highest BCUT2D eigenvalue weighted by molar-refractivity contribution is 6.31. The van der Waals surface area contributed by atoms with Crippen molar-refractivity contribution in [1.82, 2.24) is 0 Å². The minimum Gasteiger partial charge on any atom is -0.495 e. The summed E-state index contributed by atoms with van der Waals surface area (Å²) in [7, 11) is 1.61. The quantitative estimate of drug-likeness (QED) is 0.855. The predicted octanol–water partition coefficient (Wildman–Crippen LogP) is 2.84. The molecule has 0 aliphatic rings. The van der Waals surface area contributed by atoms with Crippen LogP contribution in [0.3, 0.4) is 0 Å². The molecule has 0 spiro atoms. The second kappa shape index (κ2) is 4.93. The number of aliphatic hydroxyl groups excluding tert-OH is 1. The van der Waals surface area contributed by atoms with E-state index in [0.29, 0.717) is 5.02 Å². The van der Waals surface area contributed by atoms with Crippen LogP contribution < -0.4 is 10.1 Å². The molecule has 0 aliphatic heterocycles. The van der Waals surface area contributed by atoms with Gasteiger partial charge in [0.05, 0.1) is 24.9 Å². The van der Waals surface area contributed by atoms with Gasteiger partial charge in [0, 0.05) is 5.02 Å². The van der Waals surface area contributed by atoms with Gasteiger partial charge in [0.1, 0.15) is 5.75 Å². The zero-order valence-electron chi connectivity index (χ0n) is 10.1. The van der Waals surface area contributed by atoms with Gasteiger partial charge in [-0.25, -0.2) is 0 Å². The van der Waals surface area contributed by atoms with Crippen molar-refractivity contribution < 1.29 is 9.84 Å². The lowest BCUT2D eigenvalue weighted by Gasteiger charge is -2.26. The molecule has 16 heavy (non-hydrogen) atoms. The van der Waals surface area contributed by atoms with Gasteiger partial charge < -0.3 is 15.2 Å². The summed E-state index contributed by atoms with van der Waals surface area (Å²) in [4.78, 5) is 0. The van der Waals surface area contributed by atoms with E-state index < -0.39 is 5.54 Å². The monoisotopic (exact) mass is 243 g/mol. The van der Waals surface area contributed by atoms with E-state index in [-0.39, 0.29) is 6.61 Å². The van der Waals surface area contributed by atoms with Crippen LogP contribution in [0.2, 0.25) is 5.02 Å². The second-order valence-electron chi connectivity index (χ2n) is 4.47. The van der Waals surface area contributed by atoms with Crippen LogP contribution in [0, 0.1) is 6.92 Å². The Bertz CT molecular complexity index is 378. The van der Waals surface area contributed by atoms with Gasteiger partial charge in [0.2, 0.25) is 0 Å². The first kappa shape index (κ1) is 13.1. The maximum atomic E-state index is 9.21. The van der Waals surface area contributed by atoms with Crippen molar-refractivity contribution in [2.75, 3.05) is 19.0 Å². The van der Waals surface area contributed by atoms with Crippen molar-refractivity contribution in [2.24, 2.45) is 0 Å². The van der Waals surface area contributed by atoms with E-state index in [4.69, 9.17) is 16.3 Å². The number of halogens is 1. The highest BCUT2D eigenvalue weighted by atomic mass is 35.5. The van der Waals surface area contributed by atoms with E-state index in [1.54, 1.807) is 7.11 Å². The Balaban J connectivity index is 3.08. The molecule has 0 aliphatic carbocycles. The number of anilines is 1. The minimum atomic E-state index is -0.411. The molecule has 0 bridgehead atoms. The molecule has 0 saturated heterocycles. The summed E-state index contributed by atoms with van der Waals surface area (Å²) in [5.74, 6) is 0.725. The fourth-order valence-corrected chi connectivity index (χ4v) is 1.49. The molecule has 3 nitrogen and oxygen atoms in total. The first-order valence-electron chi connectivity index (χ1n) is 5.13. The largest absolute Gasteiger partial charge is 0.495 e. The van der Waals surface area contributed by atoms with Crippen LogP contribution in [0.1, 0.15) is 19.4 Å². The molecule has 0 saturated carbocycles. The molecular weight excluding hydrogens is 226 g/mol. The molecular formula is C12H18ClNO2. The normalized spacial score (nSPS) is 11.4. The molecule has 90 valence electrons. The van der Waals surface area contributed by atoms with Gasteiger partial charge in [0.25, 0.3) is 0 Å². The van der Waals surface area contributed by atoms with Crippen LogP contribution in [-0.4, -0.2) is 24.4 Å². The first-order chi connectivity index (χ1) is 7.39. The molecule has 2 N–H and O–H groups in total. The average Bonchev–Trinajstić information content (AvgIpc) is 2.22. The van der Waals surface area contributed by atoms with Gasteiger partial charge in [-0.3, -0.25) is 0 Å². The van der Waals surface area contributed by atoms with Crippen molar-refractivity contribution >= 4 is 17.3 Å². The Hall–Kier alpha value is -0.930. The van der Waals surface area contributed by atoms with Gasteiger partial charge in [0.15, 0.2) is 0 Å². The lowest BCUT2D eigenvalue weighted by atomic mass is 10.1. The summed E-state index contributed by atoms with van der Waals surface area (Å²) in [5, 5.41) is 13.1. The van der Waals surface area contributed by atoms with Crippen molar-refractivity contribution in [1.29, 1.82) is 0 Å². The Morgan fingerprint density at radius 2 is 2.06 bits per heavy atom. The molecule has 0 aromatic heterocycles. The third-order valence-corrected chi connectivity index (χ3v) is 2.76. The first-order valence-corrected chi connectivity index (χ1v) is 5.50. The summed E-state index contributed by atoms with van der Waals surface area (Å²) in [6, 6.07) is 3.69. The van der Waals surface area contributed by atoms with Crippen molar-refractivity contribution in [3.63, 3.8) is 0 Å². The van der Waals surface area contributed by atoms with Crippen molar-refractivity contribution in [3.05, 3.63) is 22.7 Å². The Morgan fingerprint density at radius 3 is 2.56 bits per heavy atom. The third-order valence-electron chi connectivity index (χ3n) is 2.35. The molecule has 0 atom stereocenters. The summed E-state index contributed by atoms with van der Waals surface area (Å²) >= 11 is 6.06. The van der Waals surface area contributed by atoms with Gasteiger partial charge in [-0.05, 0) is 38.5 Å². The van der Waals surface area contributed by atoms with Crippen LogP contribution in [0.15, 0.2) is 12.1 Å². The van der Waals surface area contributed by atoms with Crippen LogP contribution in [0.25, 0.3) is 0 Å². The summed E-state index contributed by atoms with van der Waals surface area (Å²) < 4.78 is 5.27. The lowest BCUT2D eigenvalue weighted by molar-refractivity contribution is 0.234. The zero-order valence-corrected chi connectivity index (χ0v) is 10.9. The molecule has 1 aromatic carbocycles. The number of benzene rings is 1. The van der Waals surface area contributed by atoms with Crippen molar-refractivity contribution in [2.45, 2.75) is 26.3 Å². The van der Waals surface area contributed by atoms with Crippen LogP contribution in [0.4, 0.5) is 5.69 Å². The number of rotatable bonds is 4. The molecule has 1 aromatic rings. The Kier molecular flexibility index (Phi) is 4.05. The molecule has 1 rings (SSSR count). The minimum absolute atomic E-state index is 0.0294. The molecule has 0 radical (unpaired) electrons. The fraction of sp³-hybridized carbons (Fsp3) is 0.500. The number of ether oxygens (including phenoxy) is 1. The number of aryl methyl sites for hydroxylation is 1. The maximum Gasteiger partial charge on any atom is 0.142 e. The summed E-state index contributed by atoms with van der Waals surface area (Å²) in [5.41, 5.74) is 1.34. The molecule has 4 heteroatoms. The van der Waals surface area contributed by atoms with Gasteiger partial charge in [-0.15, -0.1) is 0 Å². The molecule has 0 amide bonds. The standard InChI is InChI=1S/C12H18ClNO2/c1-8-5-11(16-4)10(6-9(8)13)14-12(2,3)7-15/h5-6,14-15H,7H2,1-4H3. The summed E-state index contributed by atoms with van der Waals surface area (Å²) in [6.45, 7) is 5.76. The molecule has 0 unspecified atom stereocenters. The average molecular weight is 244 g/mol. The van der Waals surface area contributed by atoms with Gasteiger partial charge in [-0.1, -0.05) is 11.6 Å². The molecule has 0 fully saturated rings. The second-order valence-corrected chi connectivity index (χ2v) is 4.88. The van der Waals surface area contributed by atoms with Gasteiger partial charge >= 0.3 is 0 Å². The van der Waals surface area contributed by atoms with E-state index in [1.165, 1.54) is 0 Å². The van der Waals surface area contributed by atoms with E-state index in [1.807, 2.05) is 32.9 Å². The smallest absolute Gasteiger partial charge is 0.142 e. The van der Waals surface area contributed by atoms with E-state index >= 15 is 0 Å². The van der Waals surface area contributed by atoms with E-state index in [0.717, 1.165) is 17.0 Å². The number of hydrogen-bond acceptors (Lipinski definition) is 3. The number of hydrogen-bond donors (Lipinski definition) is 2.